The van der Waals surface area contributed by atoms with E-state index in [9.17, 15) is 0 Å². The molecule has 61 heavy (non-hydrogen) atoms. The lowest BCUT2D eigenvalue weighted by Crippen LogP contribution is -2.22. The lowest BCUT2D eigenvalue weighted by molar-refractivity contribution is 0.662. The van der Waals surface area contributed by atoms with Gasteiger partial charge in [-0.15, -0.1) is 0 Å². The Bertz CT molecular complexity index is 3400. The van der Waals surface area contributed by atoms with Crippen LogP contribution in [0.25, 0.3) is 88.8 Å². The monoisotopic (exact) mass is 778 g/mol. The molecule has 1 heterocycles. The van der Waals surface area contributed by atoms with E-state index in [-0.39, 0.29) is 10.8 Å². The molecule has 2 aliphatic carbocycles. The summed E-state index contributed by atoms with van der Waals surface area (Å²) in [6.07, 6.45) is 0. The molecule has 0 aliphatic heterocycles. The smallest absolute Gasteiger partial charge is 0.161 e. The predicted molar refractivity (Wildman–Crippen MR) is 254 cm³/mol. The number of rotatable bonds is 5. The highest BCUT2D eigenvalue weighted by Gasteiger charge is 2.42. The summed E-state index contributed by atoms with van der Waals surface area (Å²) in [7, 11) is 0. The summed E-state index contributed by atoms with van der Waals surface area (Å²) >= 11 is 0. The normalized spacial score (nSPS) is 15.7. The summed E-state index contributed by atoms with van der Waals surface area (Å²) in [6, 6.07) is 73.0. The van der Waals surface area contributed by atoms with E-state index in [1.54, 1.807) is 0 Å². The summed E-state index contributed by atoms with van der Waals surface area (Å²) < 4.78 is 0. The quantitative estimate of drug-likeness (QED) is 0.174. The molecule has 0 N–H and O–H groups in total. The number of nitrogens with zero attached hydrogens (tertiary/aromatic N) is 2. The molecule has 1 aromatic heterocycles. The van der Waals surface area contributed by atoms with E-state index in [2.05, 4.69) is 221 Å². The molecule has 0 radical (unpaired) electrons. The molecule has 2 aliphatic rings. The first-order chi connectivity index (χ1) is 29.9. The van der Waals surface area contributed by atoms with Gasteiger partial charge in [0, 0.05) is 27.5 Å². The second-order valence-corrected chi connectivity index (χ2v) is 17.4. The molecule has 0 amide bonds. The van der Waals surface area contributed by atoms with Gasteiger partial charge in [-0.2, -0.15) is 0 Å². The number of benzene rings is 9. The van der Waals surface area contributed by atoms with Crippen LogP contribution in [0, 0.1) is 0 Å². The van der Waals surface area contributed by atoms with Crippen molar-refractivity contribution in [3.8, 4) is 67.3 Å². The van der Waals surface area contributed by atoms with E-state index in [0.29, 0.717) is 5.82 Å². The molecular formula is C59H42N2. The second kappa shape index (κ2) is 13.3. The number of hydrogen-bond donors (Lipinski definition) is 0. The Morgan fingerprint density at radius 1 is 0.361 bits per heavy atom. The molecule has 12 rings (SSSR count). The van der Waals surface area contributed by atoms with Crippen molar-refractivity contribution in [2.45, 2.75) is 31.6 Å². The van der Waals surface area contributed by atoms with Gasteiger partial charge in [0.1, 0.15) is 0 Å². The molecule has 1 atom stereocenters. The van der Waals surface area contributed by atoms with Crippen LogP contribution in [0.5, 0.6) is 0 Å². The van der Waals surface area contributed by atoms with Crippen LogP contribution in [0.15, 0.2) is 200 Å². The van der Waals surface area contributed by atoms with Crippen molar-refractivity contribution in [3.05, 3.63) is 228 Å². The average molecular weight is 779 g/mol. The maximum atomic E-state index is 5.55. The van der Waals surface area contributed by atoms with Crippen molar-refractivity contribution >= 4 is 21.5 Å². The van der Waals surface area contributed by atoms with Crippen LogP contribution in [0.1, 0.15) is 48.6 Å². The van der Waals surface area contributed by atoms with Gasteiger partial charge in [-0.3, -0.25) is 0 Å². The van der Waals surface area contributed by atoms with E-state index >= 15 is 0 Å². The molecule has 0 fully saturated rings. The summed E-state index contributed by atoms with van der Waals surface area (Å²) in [5.74, 6) is 0.714. The van der Waals surface area contributed by atoms with Crippen molar-refractivity contribution in [2.24, 2.45) is 0 Å². The Balaban J connectivity index is 1.07. The van der Waals surface area contributed by atoms with Crippen LogP contribution in [0.2, 0.25) is 0 Å². The van der Waals surface area contributed by atoms with Gasteiger partial charge in [0.15, 0.2) is 5.82 Å². The topological polar surface area (TPSA) is 25.8 Å². The summed E-state index contributed by atoms with van der Waals surface area (Å²) in [6.45, 7) is 7.14. The molecular weight excluding hydrogens is 737 g/mol. The molecule has 9 aromatic carbocycles. The highest BCUT2D eigenvalue weighted by atomic mass is 14.9. The minimum atomic E-state index is -0.312. The molecule has 0 spiro atoms. The zero-order valence-corrected chi connectivity index (χ0v) is 34.4. The van der Waals surface area contributed by atoms with Crippen LogP contribution in [-0.4, -0.2) is 9.97 Å². The van der Waals surface area contributed by atoms with Gasteiger partial charge in [-0.05, 0) is 102 Å². The molecule has 0 saturated carbocycles. The maximum Gasteiger partial charge on any atom is 0.161 e. The highest BCUT2D eigenvalue weighted by molar-refractivity contribution is 6.08. The molecule has 0 saturated heterocycles. The zero-order valence-electron chi connectivity index (χ0n) is 34.4. The Morgan fingerprint density at radius 2 is 0.951 bits per heavy atom. The van der Waals surface area contributed by atoms with Crippen LogP contribution >= 0.6 is 0 Å². The first-order valence-corrected chi connectivity index (χ1v) is 21.3. The summed E-state index contributed by atoms with van der Waals surface area (Å²) in [5, 5.41) is 4.91. The van der Waals surface area contributed by atoms with Crippen molar-refractivity contribution in [1.82, 2.24) is 9.97 Å². The minimum absolute atomic E-state index is 0.182. The van der Waals surface area contributed by atoms with E-state index in [1.807, 2.05) is 0 Å². The van der Waals surface area contributed by atoms with Crippen LogP contribution in [0.3, 0.4) is 0 Å². The molecule has 2 heteroatoms. The third-order valence-electron chi connectivity index (χ3n) is 13.8. The largest absolute Gasteiger partial charge is 0.228 e. The molecule has 2 nitrogen and oxygen atoms in total. The Hall–Kier alpha value is -7.42. The van der Waals surface area contributed by atoms with Crippen molar-refractivity contribution < 1.29 is 0 Å². The van der Waals surface area contributed by atoms with Crippen LogP contribution in [-0.2, 0) is 10.8 Å². The van der Waals surface area contributed by atoms with Gasteiger partial charge in [-0.1, -0.05) is 202 Å². The lowest BCUT2D eigenvalue weighted by Gasteiger charge is -2.28. The average Bonchev–Trinajstić information content (AvgIpc) is 3.73. The molecule has 10 aromatic rings. The SMILES string of the molecule is CC1(C)c2ccc3ccccc3c2-c2cccc(-c3ccc(-c4nc(-c5ccccc5)cc(-c5cccc6c5-c5ccccc5C6(C)c5ccccc5)n4)c4ccccc34)c21. The van der Waals surface area contributed by atoms with E-state index in [0.717, 1.165) is 33.5 Å². The van der Waals surface area contributed by atoms with Gasteiger partial charge < -0.3 is 0 Å². The summed E-state index contributed by atoms with van der Waals surface area (Å²) in [5.41, 5.74) is 18.8. The van der Waals surface area contributed by atoms with Crippen molar-refractivity contribution in [3.63, 3.8) is 0 Å². The maximum absolute atomic E-state index is 5.55. The molecule has 288 valence electrons. The molecule has 0 bridgehead atoms. The lowest BCUT2D eigenvalue weighted by atomic mass is 9.74. The Morgan fingerprint density at radius 3 is 1.77 bits per heavy atom. The van der Waals surface area contributed by atoms with Gasteiger partial charge in [-0.25, -0.2) is 9.97 Å². The van der Waals surface area contributed by atoms with Crippen LogP contribution in [0.4, 0.5) is 0 Å². The Kier molecular flexibility index (Phi) is 7.74. The Labute approximate surface area is 356 Å². The van der Waals surface area contributed by atoms with E-state index in [1.165, 1.54) is 77.4 Å². The predicted octanol–water partition coefficient (Wildman–Crippen LogP) is 15.1. The molecule has 1 unspecified atom stereocenters. The highest BCUT2D eigenvalue weighted by Crippen LogP contribution is 2.56. The summed E-state index contributed by atoms with van der Waals surface area (Å²) in [4.78, 5) is 10.9. The van der Waals surface area contributed by atoms with Gasteiger partial charge in [0.2, 0.25) is 0 Å². The third kappa shape index (κ3) is 5.15. The van der Waals surface area contributed by atoms with E-state index in [4.69, 9.17) is 9.97 Å². The van der Waals surface area contributed by atoms with Gasteiger partial charge in [0.25, 0.3) is 0 Å². The first-order valence-electron chi connectivity index (χ1n) is 21.3. The fraction of sp³-hybridized carbons (Fsp3) is 0.0847. The van der Waals surface area contributed by atoms with Crippen LogP contribution < -0.4 is 0 Å². The number of fused-ring (bicyclic) bond motifs is 9. The van der Waals surface area contributed by atoms with Gasteiger partial charge in [0.05, 0.1) is 11.4 Å². The fourth-order valence-corrected chi connectivity index (χ4v) is 10.9. The van der Waals surface area contributed by atoms with E-state index < -0.39 is 0 Å². The fourth-order valence-electron chi connectivity index (χ4n) is 10.9. The number of hydrogen-bond acceptors (Lipinski definition) is 2. The third-order valence-corrected chi connectivity index (χ3v) is 13.8. The minimum Gasteiger partial charge on any atom is -0.228 e. The van der Waals surface area contributed by atoms with Crippen molar-refractivity contribution in [1.29, 1.82) is 0 Å². The first kappa shape index (κ1) is 35.5. The van der Waals surface area contributed by atoms with Crippen molar-refractivity contribution in [2.75, 3.05) is 0 Å². The standard InChI is InChI=1S/C59H42N2/c1-58(2)50-35-32-37-18-10-11-23-40(37)54(50)48-29-16-27-44(56(48)58)43-33-34-45(42-25-13-12-24-41(42)43)57-60-52(38-19-6-4-7-20-38)36-53(61-57)47-28-17-31-51-55(47)46-26-14-15-30-49(46)59(51,3)39-21-8-5-9-22-39/h4-36H,1-3H3. The zero-order chi connectivity index (χ0) is 40.9. The number of aromatic nitrogens is 2. The van der Waals surface area contributed by atoms with Gasteiger partial charge >= 0.3 is 0 Å². The second-order valence-electron chi connectivity index (χ2n) is 17.4.